The van der Waals surface area contributed by atoms with E-state index in [1.807, 2.05) is 0 Å². The maximum absolute atomic E-state index is 12.5. The predicted molar refractivity (Wildman–Crippen MR) is 76.8 cm³/mol. The fourth-order valence-electron chi connectivity index (χ4n) is 2.32. The molecule has 0 bridgehead atoms. The fraction of sp³-hybridized carbons (Fsp3) is 0.583. The van der Waals surface area contributed by atoms with E-state index < -0.39 is 16.1 Å². The number of pyridine rings is 1. The largest absolute Gasteiger partial charge is 0.393 e. The number of rotatable bonds is 3. The van der Waals surface area contributed by atoms with Crippen LogP contribution >= 0.6 is 11.6 Å². The SMILES string of the molecule is CC(O)C1CCN(S(=O)(=O)c2cnc(N)c(Cl)c2)CC1. The molecule has 8 heteroatoms. The van der Waals surface area contributed by atoms with Gasteiger partial charge in [-0.2, -0.15) is 4.31 Å². The Kier molecular flexibility index (Phi) is 4.53. The van der Waals surface area contributed by atoms with Crippen molar-refractivity contribution in [2.24, 2.45) is 5.92 Å². The molecule has 1 aliphatic rings. The number of hydrogen-bond donors (Lipinski definition) is 2. The summed E-state index contributed by atoms with van der Waals surface area (Å²) in [5, 5.41) is 9.67. The second-order valence-electron chi connectivity index (χ2n) is 5.02. The molecule has 0 aliphatic carbocycles. The van der Waals surface area contributed by atoms with E-state index in [1.165, 1.54) is 16.6 Å². The van der Waals surface area contributed by atoms with Crippen molar-refractivity contribution in [3.8, 4) is 0 Å². The van der Waals surface area contributed by atoms with E-state index in [9.17, 15) is 13.5 Å². The van der Waals surface area contributed by atoms with Gasteiger partial charge in [-0.1, -0.05) is 11.6 Å². The molecule has 0 radical (unpaired) electrons. The summed E-state index contributed by atoms with van der Waals surface area (Å²) in [5.74, 6) is 0.257. The number of halogens is 1. The molecule has 112 valence electrons. The number of anilines is 1. The lowest BCUT2D eigenvalue weighted by Gasteiger charge is -2.32. The predicted octanol–water partition coefficient (Wildman–Crippen LogP) is 1.10. The first-order chi connectivity index (χ1) is 9.32. The van der Waals surface area contributed by atoms with E-state index in [4.69, 9.17) is 17.3 Å². The molecule has 0 saturated carbocycles. The highest BCUT2D eigenvalue weighted by Crippen LogP contribution is 2.27. The summed E-state index contributed by atoms with van der Waals surface area (Å²) in [6.45, 7) is 2.51. The van der Waals surface area contributed by atoms with Crippen LogP contribution in [0.1, 0.15) is 19.8 Å². The van der Waals surface area contributed by atoms with Crippen molar-refractivity contribution in [3.05, 3.63) is 17.3 Å². The third-order valence-electron chi connectivity index (χ3n) is 3.66. The fourth-order valence-corrected chi connectivity index (χ4v) is 3.99. The van der Waals surface area contributed by atoms with Crippen LogP contribution in [0.2, 0.25) is 5.02 Å². The maximum Gasteiger partial charge on any atom is 0.244 e. The Labute approximate surface area is 123 Å². The number of aliphatic hydroxyl groups is 1. The zero-order chi connectivity index (χ0) is 14.9. The molecule has 1 aromatic heterocycles. The average Bonchev–Trinajstić information content (AvgIpc) is 2.41. The Balaban J connectivity index is 2.17. The number of hydrogen-bond acceptors (Lipinski definition) is 5. The monoisotopic (exact) mass is 319 g/mol. The van der Waals surface area contributed by atoms with Gasteiger partial charge in [0.2, 0.25) is 10.0 Å². The molecule has 0 amide bonds. The quantitative estimate of drug-likeness (QED) is 0.869. The van der Waals surface area contributed by atoms with Gasteiger partial charge in [0.25, 0.3) is 0 Å². The summed E-state index contributed by atoms with van der Waals surface area (Å²) in [5.41, 5.74) is 5.48. The lowest BCUT2D eigenvalue weighted by atomic mass is 9.93. The standard InChI is InChI=1S/C12H18ClN3O3S/c1-8(17)9-2-4-16(5-3-9)20(18,19)10-6-11(13)12(14)15-7-10/h6-9,17H,2-5H2,1H3,(H2,14,15). The Hall–Kier alpha value is -0.890. The molecule has 20 heavy (non-hydrogen) atoms. The van der Waals surface area contributed by atoms with Gasteiger partial charge >= 0.3 is 0 Å². The van der Waals surface area contributed by atoms with E-state index in [2.05, 4.69) is 4.98 Å². The minimum atomic E-state index is -3.60. The van der Waals surface area contributed by atoms with Crippen LogP contribution in [-0.4, -0.2) is 42.0 Å². The van der Waals surface area contributed by atoms with Crippen molar-refractivity contribution in [2.75, 3.05) is 18.8 Å². The molecule has 2 rings (SSSR count). The van der Waals surface area contributed by atoms with Gasteiger partial charge in [-0.05, 0) is 31.7 Å². The van der Waals surface area contributed by atoms with Crippen molar-refractivity contribution in [2.45, 2.75) is 30.8 Å². The number of sulfonamides is 1. The van der Waals surface area contributed by atoms with Crippen LogP contribution < -0.4 is 5.73 Å². The summed E-state index contributed by atoms with van der Waals surface area (Å²) in [7, 11) is -3.60. The van der Waals surface area contributed by atoms with Crippen molar-refractivity contribution in [3.63, 3.8) is 0 Å². The highest BCUT2D eigenvalue weighted by Gasteiger charge is 2.31. The smallest absolute Gasteiger partial charge is 0.244 e. The zero-order valence-electron chi connectivity index (χ0n) is 11.2. The van der Waals surface area contributed by atoms with Gasteiger partial charge in [-0.15, -0.1) is 0 Å². The molecular formula is C12H18ClN3O3S. The molecule has 1 aliphatic heterocycles. The van der Waals surface area contributed by atoms with Crippen LogP contribution in [0, 0.1) is 5.92 Å². The van der Waals surface area contributed by atoms with E-state index in [-0.39, 0.29) is 21.7 Å². The Morgan fingerprint density at radius 3 is 2.60 bits per heavy atom. The molecule has 1 aromatic rings. The van der Waals surface area contributed by atoms with E-state index >= 15 is 0 Å². The van der Waals surface area contributed by atoms with Gasteiger partial charge in [0.05, 0.1) is 11.1 Å². The third-order valence-corrected chi connectivity index (χ3v) is 5.83. The summed E-state index contributed by atoms with van der Waals surface area (Å²) in [6.07, 6.45) is 2.10. The first-order valence-corrected chi connectivity index (χ1v) is 8.23. The molecule has 6 nitrogen and oxygen atoms in total. The number of nitrogens with two attached hydrogens (primary N) is 1. The van der Waals surface area contributed by atoms with E-state index in [0.717, 1.165) is 0 Å². The first-order valence-electron chi connectivity index (χ1n) is 6.41. The number of aromatic nitrogens is 1. The topological polar surface area (TPSA) is 96.5 Å². The minimum Gasteiger partial charge on any atom is -0.393 e. The molecule has 1 fully saturated rings. The normalized spacial score (nSPS) is 19.9. The van der Waals surface area contributed by atoms with Gasteiger partial charge in [0.1, 0.15) is 10.7 Å². The van der Waals surface area contributed by atoms with Gasteiger partial charge in [0, 0.05) is 19.3 Å². The number of nitrogens with zero attached hydrogens (tertiary/aromatic N) is 2. The van der Waals surface area contributed by atoms with Gasteiger partial charge < -0.3 is 10.8 Å². The van der Waals surface area contributed by atoms with Gasteiger partial charge in [-0.25, -0.2) is 13.4 Å². The second kappa shape index (κ2) is 5.85. The van der Waals surface area contributed by atoms with E-state index in [1.54, 1.807) is 6.92 Å². The average molecular weight is 320 g/mol. The van der Waals surface area contributed by atoms with Crippen molar-refractivity contribution < 1.29 is 13.5 Å². The summed E-state index contributed by atoms with van der Waals surface area (Å²) < 4.78 is 26.3. The van der Waals surface area contributed by atoms with Gasteiger partial charge in [0.15, 0.2) is 0 Å². The number of nitrogen functional groups attached to an aromatic ring is 1. The molecule has 0 spiro atoms. The summed E-state index contributed by atoms with van der Waals surface area (Å²) in [4.78, 5) is 3.83. The lowest BCUT2D eigenvalue weighted by Crippen LogP contribution is -2.40. The number of piperidine rings is 1. The highest BCUT2D eigenvalue weighted by atomic mass is 35.5. The molecule has 3 N–H and O–H groups in total. The van der Waals surface area contributed by atoms with E-state index in [0.29, 0.717) is 25.9 Å². The number of aliphatic hydroxyl groups excluding tert-OH is 1. The third kappa shape index (κ3) is 3.06. The molecule has 0 aromatic carbocycles. The van der Waals surface area contributed by atoms with Gasteiger partial charge in [-0.3, -0.25) is 0 Å². The summed E-state index contributed by atoms with van der Waals surface area (Å²) >= 11 is 5.82. The highest BCUT2D eigenvalue weighted by molar-refractivity contribution is 7.89. The molecule has 1 atom stereocenters. The maximum atomic E-state index is 12.5. The first kappa shape index (κ1) is 15.5. The van der Waals surface area contributed by atoms with Crippen LogP contribution in [-0.2, 0) is 10.0 Å². The van der Waals surface area contributed by atoms with Crippen molar-refractivity contribution in [1.29, 1.82) is 0 Å². The minimum absolute atomic E-state index is 0.0483. The molecular weight excluding hydrogens is 302 g/mol. The van der Waals surface area contributed by atoms with Crippen LogP contribution in [0.15, 0.2) is 17.2 Å². The zero-order valence-corrected chi connectivity index (χ0v) is 12.7. The Morgan fingerprint density at radius 1 is 1.50 bits per heavy atom. The second-order valence-corrected chi connectivity index (χ2v) is 7.37. The van der Waals surface area contributed by atoms with Crippen LogP contribution in [0.25, 0.3) is 0 Å². The van der Waals surface area contributed by atoms with Crippen molar-refractivity contribution >= 4 is 27.4 Å². The van der Waals surface area contributed by atoms with Crippen LogP contribution in [0.4, 0.5) is 5.82 Å². The summed E-state index contributed by atoms with van der Waals surface area (Å²) in [6, 6.07) is 1.32. The van der Waals surface area contributed by atoms with Crippen molar-refractivity contribution in [1.82, 2.24) is 9.29 Å². The Morgan fingerprint density at radius 2 is 2.10 bits per heavy atom. The molecule has 1 saturated heterocycles. The lowest BCUT2D eigenvalue weighted by molar-refractivity contribution is 0.0912. The van der Waals surface area contributed by atoms with Crippen LogP contribution in [0.5, 0.6) is 0 Å². The molecule has 1 unspecified atom stereocenters. The molecule has 2 heterocycles. The van der Waals surface area contributed by atoms with Crippen LogP contribution in [0.3, 0.4) is 0 Å². The Bertz CT molecular complexity index is 584.